The predicted octanol–water partition coefficient (Wildman–Crippen LogP) is 3.52. The molecule has 2 fully saturated rings. The molecule has 6 heteroatoms. The highest BCUT2D eigenvalue weighted by Crippen LogP contribution is 2.32. The zero-order valence-electron chi connectivity index (χ0n) is 15.0. The number of likely N-dealkylation sites (tertiary alicyclic amines) is 1. The van der Waals surface area contributed by atoms with Crippen molar-refractivity contribution >= 4 is 12.0 Å². The van der Waals surface area contributed by atoms with Crippen molar-refractivity contribution in [3.05, 3.63) is 23.7 Å². The molecule has 25 heavy (non-hydrogen) atoms. The minimum absolute atomic E-state index is 0.0482. The van der Waals surface area contributed by atoms with Gasteiger partial charge in [0.1, 0.15) is 18.1 Å². The summed E-state index contributed by atoms with van der Waals surface area (Å²) in [5.74, 6) is 2.04. The summed E-state index contributed by atoms with van der Waals surface area (Å²) in [5, 5.41) is 0. The zero-order chi connectivity index (χ0) is 17.6. The van der Waals surface area contributed by atoms with Gasteiger partial charge in [0.15, 0.2) is 0 Å². The highest BCUT2D eigenvalue weighted by molar-refractivity contribution is 5.77. The number of ether oxygens (including phenoxy) is 1. The molecule has 0 saturated carbocycles. The number of hydrogen-bond acceptors (Lipinski definition) is 4. The van der Waals surface area contributed by atoms with Crippen LogP contribution in [0.3, 0.4) is 0 Å². The molecule has 0 unspecified atom stereocenters. The molecule has 3 heterocycles. The second-order valence-corrected chi connectivity index (χ2v) is 6.81. The Balaban J connectivity index is 1.59. The quantitative estimate of drug-likeness (QED) is 0.789. The van der Waals surface area contributed by atoms with E-state index in [1.807, 2.05) is 17.0 Å². The van der Waals surface area contributed by atoms with Crippen LogP contribution >= 0.6 is 0 Å². The lowest BCUT2D eigenvalue weighted by Gasteiger charge is -2.29. The molecule has 138 valence electrons. The average Bonchev–Trinajstić information content (AvgIpc) is 3.17. The molecule has 2 saturated heterocycles. The van der Waals surface area contributed by atoms with Crippen molar-refractivity contribution in [1.82, 2.24) is 9.80 Å². The summed E-state index contributed by atoms with van der Waals surface area (Å²) < 4.78 is 10.9. The van der Waals surface area contributed by atoms with Gasteiger partial charge in [0.25, 0.3) is 0 Å². The van der Waals surface area contributed by atoms with E-state index >= 15 is 0 Å². The van der Waals surface area contributed by atoms with Crippen molar-refractivity contribution in [2.75, 3.05) is 26.2 Å². The number of carbonyl (C=O) groups is 2. The van der Waals surface area contributed by atoms with Crippen molar-refractivity contribution in [3.8, 4) is 0 Å². The van der Waals surface area contributed by atoms with Gasteiger partial charge in [0, 0.05) is 25.9 Å². The van der Waals surface area contributed by atoms with Gasteiger partial charge >= 0.3 is 6.09 Å². The molecule has 0 radical (unpaired) electrons. The summed E-state index contributed by atoms with van der Waals surface area (Å²) >= 11 is 0. The summed E-state index contributed by atoms with van der Waals surface area (Å²) in [6.45, 7) is 4.54. The summed E-state index contributed by atoms with van der Waals surface area (Å²) in [7, 11) is 0. The van der Waals surface area contributed by atoms with E-state index in [0.717, 1.165) is 50.2 Å². The second-order valence-electron chi connectivity index (χ2n) is 6.81. The first-order valence-corrected chi connectivity index (χ1v) is 9.49. The van der Waals surface area contributed by atoms with Crippen molar-refractivity contribution in [2.45, 2.75) is 57.9 Å². The fraction of sp³-hybridized carbons (Fsp3) is 0.684. The molecule has 6 nitrogen and oxygen atoms in total. The number of amides is 2. The molecule has 0 aliphatic carbocycles. The third-order valence-corrected chi connectivity index (χ3v) is 5.10. The van der Waals surface area contributed by atoms with Gasteiger partial charge in [-0.3, -0.25) is 4.79 Å². The maximum absolute atomic E-state index is 12.8. The number of furan rings is 1. The van der Waals surface area contributed by atoms with E-state index in [1.165, 1.54) is 0 Å². The van der Waals surface area contributed by atoms with E-state index in [9.17, 15) is 9.59 Å². The fourth-order valence-electron chi connectivity index (χ4n) is 3.66. The van der Waals surface area contributed by atoms with Crippen LogP contribution in [-0.2, 0) is 16.0 Å². The molecule has 1 atom stereocenters. The average molecular weight is 348 g/mol. The van der Waals surface area contributed by atoms with Crippen LogP contribution in [0.5, 0.6) is 0 Å². The van der Waals surface area contributed by atoms with Gasteiger partial charge in [-0.05, 0) is 31.4 Å². The number of rotatable bonds is 6. The largest absolute Gasteiger partial charge is 0.464 e. The molecule has 2 aliphatic heterocycles. The molecular formula is C19H28N2O4. The van der Waals surface area contributed by atoms with E-state index in [1.54, 1.807) is 4.90 Å². The lowest BCUT2D eigenvalue weighted by atomic mass is 10.1. The van der Waals surface area contributed by atoms with Crippen LogP contribution in [0.1, 0.15) is 63.0 Å². The monoisotopic (exact) mass is 348 g/mol. The molecule has 2 aliphatic rings. The van der Waals surface area contributed by atoms with Crippen LogP contribution in [0, 0.1) is 0 Å². The van der Waals surface area contributed by atoms with Crippen LogP contribution < -0.4 is 0 Å². The molecule has 1 aromatic rings. The Morgan fingerprint density at radius 2 is 2.12 bits per heavy atom. The first kappa shape index (κ1) is 17.8. The van der Waals surface area contributed by atoms with Gasteiger partial charge in [0.05, 0.1) is 12.6 Å². The van der Waals surface area contributed by atoms with E-state index in [0.29, 0.717) is 32.5 Å². The molecule has 0 aromatic carbocycles. The van der Waals surface area contributed by atoms with Crippen LogP contribution in [0.15, 0.2) is 16.5 Å². The van der Waals surface area contributed by atoms with Crippen LogP contribution in [0.4, 0.5) is 4.79 Å². The van der Waals surface area contributed by atoms with Gasteiger partial charge in [-0.1, -0.05) is 19.8 Å². The predicted molar refractivity (Wildman–Crippen MR) is 93.2 cm³/mol. The van der Waals surface area contributed by atoms with Crippen LogP contribution in [-0.4, -0.2) is 48.0 Å². The van der Waals surface area contributed by atoms with Crippen LogP contribution in [0.2, 0.25) is 0 Å². The molecule has 3 rings (SSSR count). The third kappa shape index (κ3) is 4.35. The molecule has 0 bridgehead atoms. The van der Waals surface area contributed by atoms with E-state index in [2.05, 4.69) is 6.92 Å². The maximum Gasteiger partial charge on any atom is 0.409 e. The van der Waals surface area contributed by atoms with Gasteiger partial charge in [0.2, 0.25) is 5.91 Å². The summed E-state index contributed by atoms with van der Waals surface area (Å²) in [6, 6.07) is 4.09. The Hall–Kier alpha value is -1.98. The molecule has 0 spiro atoms. The summed E-state index contributed by atoms with van der Waals surface area (Å²) in [4.78, 5) is 27.9. The highest BCUT2D eigenvalue weighted by Gasteiger charge is 2.29. The number of carbonyl (C=O) groups excluding carboxylic acids is 2. The van der Waals surface area contributed by atoms with Crippen molar-refractivity contribution in [2.24, 2.45) is 0 Å². The number of hydrogen-bond donors (Lipinski definition) is 0. The summed E-state index contributed by atoms with van der Waals surface area (Å²) in [5.41, 5.74) is 0. The second kappa shape index (κ2) is 8.41. The zero-order valence-corrected chi connectivity index (χ0v) is 15.0. The minimum Gasteiger partial charge on any atom is -0.464 e. The number of cyclic esters (lactones) is 1. The van der Waals surface area contributed by atoms with E-state index < -0.39 is 0 Å². The Kier molecular flexibility index (Phi) is 6.00. The molecule has 1 aromatic heterocycles. The Labute approximate surface area is 149 Å². The maximum atomic E-state index is 12.8. The third-order valence-electron chi connectivity index (χ3n) is 5.10. The lowest BCUT2D eigenvalue weighted by molar-refractivity contribution is -0.134. The fourth-order valence-corrected chi connectivity index (χ4v) is 3.66. The number of nitrogens with zero attached hydrogens (tertiary/aromatic N) is 2. The van der Waals surface area contributed by atoms with Crippen LogP contribution in [0.25, 0.3) is 0 Å². The lowest BCUT2D eigenvalue weighted by Crippen LogP contribution is -2.35. The van der Waals surface area contributed by atoms with E-state index in [4.69, 9.17) is 9.15 Å². The Morgan fingerprint density at radius 3 is 2.84 bits per heavy atom. The molecule has 0 N–H and O–H groups in total. The van der Waals surface area contributed by atoms with Crippen molar-refractivity contribution in [1.29, 1.82) is 0 Å². The summed E-state index contributed by atoms with van der Waals surface area (Å²) in [6.07, 6.45) is 6.02. The van der Waals surface area contributed by atoms with Gasteiger partial charge in [-0.25, -0.2) is 4.79 Å². The standard InChI is InChI=1S/C19H28N2O4/c1-2-15-9-10-17(25-15)16-7-4-3-5-12-21(16)18(22)8-6-11-20-13-14-24-19(20)23/h9-10,16H,2-8,11-14H2,1H3/t16-/m0/s1. The highest BCUT2D eigenvalue weighted by atomic mass is 16.6. The SMILES string of the molecule is CCc1ccc([C@@H]2CCCCCN2C(=O)CCCN2CCOC2=O)o1. The topological polar surface area (TPSA) is 63.0 Å². The van der Waals surface area contributed by atoms with Gasteiger partial charge < -0.3 is 19.0 Å². The first-order chi connectivity index (χ1) is 12.2. The minimum atomic E-state index is -0.261. The number of aryl methyl sites for hydroxylation is 1. The normalized spacial score (nSPS) is 21.3. The first-order valence-electron chi connectivity index (χ1n) is 9.49. The van der Waals surface area contributed by atoms with E-state index in [-0.39, 0.29) is 18.0 Å². The molecule has 2 amide bonds. The van der Waals surface area contributed by atoms with Crippen molar-refractivity contribution < 1.29 is 18.7 Å². The smallest absolute Gasteiger partial charge is 0.409 e. The molecular weight excluding hydrogens is 320 g/mol. The Bertz CT molecular complexity index is 598. The Morgan fingerprint density at radius 1 is 1.24 bits per heavy atom. The van der Waals surface area contributed by atoms with Gasteiger partial charge in [-0.15, -0.1) is 0 Å². The van der Waals surface area contributed by atoms with Crippen molar-refractivity contribution in [3.63, 3.8) is 0 Å². The van der Waals surface area contributed by atoms with Gasteiger partial charge in [-0.2, -0.15) is 0 Å².